The number of fused-ring (bicyclic) bond motifs is 1. The number of nitrogens with zero attached hydrogens (tertiary/aromatic N) is 3. The monoisotopic (exact) mass is 291 g/mol. The molecule has 0 fully saturated rings. The summed E-state index contributed by atoms with van der Waals surface area (Å²) in [5, 5.41) is 1.55. The first kappa shape index (κ1) is 14.8. The number of likely N-dealkylation sites (N-methyl/N-ethyl adjacent to an activating group) is 2. The van der Waals surface area contributed by atoms with Crippen molar-refractivity contribution in [3.63, 3.8) is 0 Å². The zero-order valence-corrected chi connectivity index (χ0v) is 12.7. The van der Waals surface area contributed by atoms with E-state index in [0.29, 0.717) is 18.2 Å². The molecule has 0 aliphatic rings. The molecule has 4 nitrogen and oxygen atoms in total. The predicted molar refractivity (Wildman–Crippen MR) is 81.8 cm³/mol. The van der Waals surface area contributed by atoms with Crippen molar-refractivity contribution in [3.05, 3.63) is 41.0 Å². The summed E-state index contributed by atoms with van der Waals surface area (Å²) >= 11 is 6.21. The summed E-state index contributed by atoms with van der Waals surface area (Å²) < 4.78 is 0. The smallest absolute Gasteiger partial charge is 0.236 e. The number of carbonyl (C=O) groups is 1. The Balaban J connectivity index is 2.16. The van der Waals surface area contributed by atoms with E-state index in [-0.39, 0.29) is 5.91 Å². The largest absolute Gasteiger partial charge is 0.348 e. The molecule has 20 heavy (non-hydrogen) atoms. The quantitative estimate of drug-likeness (QED) is 0.812. The molecule has 0 saturated carbocycles. The van der Waals surface area contributed by atoms with Crippen LogP contribution >= 0.6 is 11.6 Å². The molecular weight excluding hydrogens is 274 g/mol. The van der Waals surface area contributed by atoms with Gasteiger partial charge in [0.25, 0.3) is 0 Å². The van der Waals surface area contributed by atoms with Gasteiger partial charge in [0.05, 0.1) is 12.1 Å². The van der Waals surface area contributed by atoms with E-state index in [0.717, 1.165) is 16.5 Å². The second-order valence-electron chi connectivity index (χ2n) is 5.09. The number of rotatable bonds is 4. The highest BCUT2D eigenvalue weighted by molar-refractivity contribution is 6.30. The fourth-order valence-corrected chi connectivity index (χ4v) is 2.17. The van der Waals surface area contributed by atoms with Gasteiger partial charge in [0.2, 0.25) is 5.91 Å². The normalized spacial score (nSPS) is 11.1. The summed E-state index contributed by atoms with van der Waals surface area (Å²) in [6, 6.07) is 9.88. The molecule has 0 spiro atoms. The third kappa shape index (κ3) is 3.46. The highest BCUT2D eigenvalue weighted by Gasteiger charge is 2.11. The Morgan fingerprint density at radius 3 is 2.65 bits per heavy atom. The van der Waals surface area contributed by atoms with Crippen molar-refractivity contribution in [2.45, 2.75) is 6.54 Å². The lowest BCUT2D eigenvalue weighted by Gasteiger charge is -2.19. The molecule has 0 atom stereocenters. The third-order valence-electron chi connectivity index (χ3n) is 3.09. The first-order valence-corrected chi connectivity index (χ1v) is 6.78. The van der Waals surface area contributed by atoms with Crippen LogP contribution in [0.25, 0.3) is 10.9 Å². The van der Waals surface area contributed by atoms with Gasteiger partial charge < -0.3 is 4.90 Å². The summed E-state index contributed by atoms with van der Waals surface area (Å²) in [6.45, 7) is 0.951. The van der Waals surface area contributed by atoms with Gasteiger partial charge in [0, 0.05) is 31.6 Å². The Morgan fingerprint density at radius 1 is 1.25 bits per heavy atom. The molecule has 1 aromatic carbocycles. The number of amides is 1. The van der Waals surface area contributed by atoms with Crippen LogP contribution in [0.3, 0.4) is 0 Å². The molecule has 1 amide bonds. The summed E-state index contributed by atoms with van der Waals surface area (Å²) in [5.74, 6) is 0.0670. The lowest BCUT2D eigenvalue weighted by molar-refractivity contribution is -0.129. The average Bonchev–Trinajstić information content (AvgIpc) is 2.39. The predicted octanol–water partition coefficient (Wildman–Crippen LogP) is 2.41. The number of carbonyl (C=O) groups excluding carboxylic acids is 1. The molecule has 1 heterocycles. The molecule has 0 aliphatic carbocycles. The standard InChI is InChI=1S/C15H18ClN3O/c1-18(2)14(20)10-19(3)9-12-8-11-6-4-5-7-13(11)17-15(12)16/h4-8H,9-10H2,1-3H3. The van der Waals surface area contributed by atoms with Crippen LogP contribution in [0.1, 0.15) is 5.56 Å². The second kappa shape index (κ2) is 6.20. The number of benzene rings is 1. The number of aromatic nitrogens is 1. The molecule has 0 bridgehead atoms. The van der Waals surface area contributed by atoms with Crippen molar-refractivity contribution in [3.8, 4) is 0 Å². The molecule has 0 aliphatic heterocycles. The lowest BCUT2D eigenvalue weighted by atomic mass is 10.1. The minimum atomic E-state index is 0.0670. The molecule has 0 radical (unpaired) electrons. The maximum Gasteiger partial charge on any atom is 0.236 e. The van der Waals surface area contributed by atoms with Gasteiger partial charge in [0.15, 0.2) is 0 Å². The van der Waals surface area contributed by atoms with E-state index in [4.69, 9.17) is 11.6 Å². The zero-order chi connectivity index (χ0) is 14.7. The molecule has 0 N–H and O–H groups in total. The Hall–Kier alpha value is -1.65. The molecule has 1 aromatic heterocycles. The van der Waals surface area contributed by atoms with Crippen molar-refractivity contribution in [1.29, 1.82) is 0 Å². The van der Waals surface area contributed by atoms with Crippen molar-refractivity contribution < 1.29 is 4.79 Å². The SMILES string of the molecule is CN(CC(=O)N(C)C)Cc1cc2ccccc2nc1Cl. The van der Waals surface area contributed by atoms with Crippen LogP contribution in [-0.4, -0.2) is 48.4 Å². The van der Waals surface area contributed by atoms with Crippen LogP contribution in [0.5, 0.6) is 0 Å². The number of hydrogen-bond donors (Lipinski definition) is 0. The molecule has 2 aromatic rings. The highest BCUT2D eigenvalue weighted by Crippen LogP contribution is 2.21. The first-order chi connectivity index (χ1) is 9.47. The first-order valence-electron chi connectivity index (χ1n) is 6.40. The Labute approximate surface area is 124 Å². The number of halogens is 1. The van der Waals surface area contributed by atoms with Gasteiger partial charge in [-0.1, -0.05) is 29.8 Å². The van der Waals surface area contributed by atoms with Gasteiger partial charge in [-0.25, -0.2) is 4.98 Å². The maximum absolute atomic E-state index is 11.7. The van der Waals surface area contributed by atoms with Crippen LogP contribution in [0.2, 0.25) is 5.15 Å². The molecule has 5 heteroatoms. The average molecular weight is 292 g/mol. The number of para-hydroxylation sites is 1. The van der Waals surface area contributed by atoms with Gasteiger partial charge in [-0.15, -0.1) is 0 Å². The Morgan fingerprint density at radius 2 is 1.95 bits per heavy atom. The minimum Gasteiger partial charge on any atom is -0.348 e. The molecular formula is C15H18ClN3O. The van der Waals surface area contributed by atoms with Crippen molar-refractivity contribution >= 4 is 28.4 Å². The zero-order valence-electron chi connectivity index (χ0n) is 11.9. The van der Waals surface area contributed by atoms with Crippen LogP contribution in [-0.2, 0) is 11.3 Å². The van der Waals surface area contributed by atoms with E-state index in [1.165, 1.54) is 0 Å². The summed E-state index contributed by atoms with van der Waals surface area (Å²) in [5.41, 5.74) is 1.81. The lowest BCUT2D eigenvalue weighted by Crippen LogP contribution is -2.34. The van der Waals surface area contributed by atoms with Crippen LogP contribution in [0.15, 0.2) is 30.3 Å². The van der Waals surface area contributed by atoms with Gasteiger partial charge in [-0.05, 0) is 19.2 Å². The van der Waals surface area contributed by atoms with E-state index in [2.05, 4.69) is 4.98 Å². The topological polar surface area (TPSA) is 36.4 Å². The van der Waals surface area contributed by atoms with Gasteiger partial charge >= 0.3 is 0 Å². The minimum absolute atomic E-state index is 0.0670. The van der Waals surface area contributed by atoms with Gasteiger partial charge in [-0.2, -0.15) is 0 Å². The number of pyridine rings is 1. The van der Waals surface area contributed by atoms with E-state index in [1.807, 2.05) is 42.3 Å². The summed E-state index contributed by atoms with van der Waals surface area (Å²) in [4.78, 5) is 19.6. The number of hydrogen-bond acceptors (Lipinski definition) is 3. The van der Waals surface area contributed by atoms with Crippen LogP contribution in [0.4, 0.5) is 0 Å². The van der Waals surface area contributed by atoms with Crippen molar-refractivity contribution in [1.82, 2.24) is 14.8 Å². The summed E-state index contributed by atoms with van der Waals surface area (Å²) in [6.07, 6.45) is 0. The molecule has 106 valence electrons. The second-order valence-corrected chi connectivity index (χ2v) is 5.45. The summed E-state index contributed by atoms with van der Waals surface area (Å²) in [7, 11) is 5.40. The van der Waals surface area contributed by atoms with Crippen LogP contribution < -0.4 is 0 Å². The fourth-order valence-electron chi connectivity index (χ4n) is 1.97. The fraction of sp³-hybridized carbons (Fsp3) is 0.333. The van der Waals surface area contributed by atoms with E-state index < -0.39 is 0 Å². The van der Waals surface area contributed by atoms with Crippen LogP contribution in [0, 0.1) is 0 Å². The highest BCUT2D eigenvalue weighted by atomic mass is 35.5. The van der Waals surface area contributed by atoms with E-state index in [9.17, 15) is 4.79 Å². The Bertz CT molecular complexity index is 628. The maximum atomic E-state index is 11.7. The van der Waals surface area contributed by atoms with E-state index in [1.54, 1.807) is 19.0 Å². The van der Waals surface area contributed by atoms with Gasteiger partial charge in [0.1, 0.15) is 5.15 Å². The molecule has 0 unspecified atom stereocenters. The van der Waals surface area contributed by atoms with Crippen molar-refractivity contribution in [2.75, 3.05) is 27.7 Å². The Kier molecular flexibility index (Phi) is 4.57. The van der Waals surface area contributed by atoms with Crippen molar-refractivity contribution in [2.24, 2.45) is 0 Å². The molecule has 2 rings (SSSR count). The van der Waals surface area contributed by atoms with Gasteiger partial charge in [-0.3, -0.25) is 9.69 Å². The molecule has 0 saturated heterocycles. The van der Waals surface area contributed by atoms with E-state index >= 15 is 0 Å². The third-order valence-corrected chi connectivity index (χ3v) is 3.42.